The molecule has 1 fully saturated rings. The van der Waals surface area contributed by atoms with Crippen molar-refractivity contribution in [3.05, 3.63) is 22.4 Å². The molecular formula is C16H24N2O2S. The lowest BCUT2D eigenvalue weighted by atomic mass is 9.96. The van der Waals surface area contributed by atoms with Crippen LogP contribution in [0.3, 0.4) is 0 Å². The Labute approximate surface area is 130 Å². The Kier molecular flexibility index (Phi) is 5.79. The van der Waals surface area contributed by atoms with Gasteiger partial charge in [-0.1, -0.05) is 19.4 Å². The van der Waals surface area contributed by atoms with Gasteiger partial charge in [-0.15, -0.1) is 11.3 Å². The molecule has 1 aliphatic rings. The van der Waals surface area contributed by atoms with Crippen molar-refractivity contribution in [3.63, 3.8) is 0 Å². The average Bonchev–Trinajstić information content (AvgIpc) is 3.01. The molecule has 2 unspecified atom stereocenters. The first-order chi connectivity index (χ1) is 10.1. The second-order valence-electron chi connectivity index (χ2n) is 5.77. The molecule has 0 spiro atoms. The van der Waals surface area contributed by atoms with Gasteiger partial charge in [0.05, 0.1) is 10.8 Å². The molecule has 5 heteroatoms. The molecule has 2 heterocycles. The van der Waals surface area contributed by atoms with E-state index in [4.69, 9.17) is 0 Å². The van der Waals surface area contributed by atoms with E-state index in [9.17, 15) is 9.59 Å². The summed E-state index contributed by atoms with van der Waals surface area (Å²) in [4.78, 5) is 27.2. The van der Waals surface area contributed by atoms with Crippen molar-refractivity contribution in [3.8, 4) is 0 Å². The topological polar surface area (TPSA) is 49.4 Å². The van der Waals surface area contributed by atoms with E-state index in [1.807, 2.05) is 29.3 Å². The summed E-state index contributed by atoms with van der Waals surface area (Å²) in [5, 5.41) is 4.98. The number of rotatable bonds is 5. The van der Waals surface area contributed by atoms with Crippen molar-refractivity contribution in [2.24, 2.45) is 5.92 Å². The van der Waals surface area contributed by atoms with Crippen molar-refractivity contribution >= 4 is 23.2 Å². The molecule has 1 aliphatic heterocycles. The molecule has 2 rings (SSSR count). The molecule has 0 aromatic carbocycles. The number of nitrogens with zero attached hydrogens (tertiary/aromatic N) is 1. The first kappa shape index (κ1) is 16.0. The number of hydrogen-bond acceptors (Lipinski definition) is 3. The second-order valence-corrected chi connectivity index (χ2v) is 6.71. The molecular weight excluding hydrogens is 284 g/mol. The molecule has 4 nitrogen and oxygen atoms in total. The van der Waals surface area contributed by atoms with Crippen LogP contribution in [-0.2, 0) is 4.79 Å². The van der Waals surface area contributed by atoms with Gasteiger partial charge in [0, 0.05) is 19.1 Å². The number of nitrogens with one attached hydrogen (secondary N) is 1. The lowest BCUT2D eigenvalue weighted by molar-refractivity contribution is -0.127. The van der Waals surface area contributed by atoms with E-state index in [2.05, 4.69) is 12.2 Å². The summed E-state index contributed by atoms with van der Waals surface area (Å²) in [5.41, 5.74) is 0. The monoisotopic (exact) mass is 308 g/mol. The van der Waals surface area contributed by atoms with E-state index < -0.39 is 0 Å². The predicted octanol–water partition coefficient (Wildman–Crippen LogP) is 2.91. The van der Waals surface area contributed by atoms with E-state index in [0.717, 1.165) is 37.1 Å². The van der Waals surface area contributed by atoms with Crippen LogP contribution in [0.1, 0.15) is 49.2 Å². The summed E-state index contributed by atoms with van der Waals surface area (Å²) in [6.07, 6.45) is 3.83. The molecule has 2 atom stereocenters. The number of hydrogen-bond donors (Lipinski definition) is 1. The quantitative estimate of drug-likeness (QED) is 0.909. The Morgan fingerprint density at radius 2 is 2.33 bits per heavy atom. The number of likely N-dealkylation sites (tertiary alicyclic amines) is 1. The van der Waals surface area contributed by atoms with Crippen LogP contribution in [0.2, 0.25) is 0 Å². The van der Waals surface area contributed by atoms with Crippen molar-refractivity contribution in [2.45, 2.75) is 45.6 Å². The summed E-state index contributed by atoms with van der Waals surface area (Å²) < 4.78 is 0. The van der Waals surface area contributed by atoms with Crippen LogP contribution in [-0.4, -0.2) is 35.8 Å². The van der Waals surface area contributed by atoms with Crippen molar-refractivity contribution in [1.29, 1.82) is 0 Å². The van der Waals surface area contributed by atoms with Gasteiger partial charge in [-0.3, -0.25) is 9.59 Å². The molecule has 1 aromatic heterocycles. The highest BCUT2D eigenvalue weighted by molar-refractivity contribution is 7.12. The van der Waals surface area contributed by atoms with Crippen LogP contribution in [0.4, 0.5) is 0 Å². The minimum absolute atomic E-state index is 0.0594. The first-order valence-corrected chi connectivity index (χ1v) is 8.63. The van der Waals surface area contributed by atoms with Gasteiger partial charge >= 0.3 is 0 Å². The fraction of sp³-hybridized carbons (Fsp3) is 0.625. The summed E-state index contributed by atoms with van der Waals surface area (Å²) in [6.45, 7) is 5.45. The fourth-order valence-corrected chi connectivity index (χ4v) is 3.49. The van der Waals surface area contributed by atoms with Crippen molar-refractivity contribution < 1.29 is 9.59 Å². The SMILES string of the molecule is CCCC(C)NC(=O)C1CCCN(C(=O)c2cccs2)C1. The Hall–Kier alpha value is -1.36. The molecule has 0 saturated carbocycles. The van der Waals surface area contributed by atoms with E-state index in [-0.39, 0.29) is 23.8 Å². The molecule has 1 N–H and O–H groups in total. The Bertz CT molecular complexity index is 473. The van der Waals surface area contributed by atoms with E-state index in [1.54, 1.807) is 0 Å². The fourth-order valence-electron chi connectivity index (χ4n) is 2.80. The summed E-state index contributed by atoms with van der Waals surface area (Å²) in [6, 6.07) is 3.95. The third-order valence-electron chi connectivity index (χ3n) is 3.92. The van der Waals surface area contributed by atoms with Crippen LogP contribution in [0, 0.1) is 5.92 Å². The van der Waals surface area contributed by atoms with Crippen molar-refractivity contribution in [2.75, 3.05) is 13.1 Å². The molecule has 0 bridgehead atoms. The number of amides is 2. The standard InChI is InChI=1S/C16H24N2O2S/c1-3-6-12(2)17-15(19)13-7-4-9-18(11-13)16(20)14-8-5-10-21-14/h5,8,10,12-13H,3-4,6-7,9,11H2,1-2H3,(H,17,19). The van der Waals surface area contributed by atoms with Crippen LogP contribution >= 0.6 is 11.3 Å². The highest BCUT2D eigenvalue weighted by Gasteiger charge is 2.29. The summed E-state index contributed by atoms with van der Waals surface area (Å²) >= 11 is 1.46. The molecule has 21 heavy (non-hydrogen) atoms. The lowest BCUT2D eigenvalue weighted by Gasteiger charge is -2.32. The molecule has 0 radical (unpaired) electrons. The van der Waals surface area contributed by atoms with Gasteiger partial charge < -0.3 is 10.2 Å². The second kappa shape index (κ2) is 7.59. The van der Waals surface area contributed by atoms with Gasteiger partial charge in [0.15, 0.2) is 0 Å². The first-order valence-electron chi connectivity index (χ1n) is 7.75. The van der Waals surface area contributed by atoms with Gasteiger partial charge in [-0.25, -0.2) is 0 Å². The zero-order chi connectivity index (χ0) is 15.2. The normalized spacial score (nSPS) is 20.1. The number of thiophene rings is 1. The Morgan fingerprint density at radius 1 is 1.52 bits per heavy atom. The third-order valence-corrected chi connectivity index (χ3v) is 4.78. The van der Waals surface area contributed by atoms with Crippen LogP contribution in [0.5, 0.6) is 0 Å². The van der Waals surface area contributed by atoms with Gasteiger partial charge in [0.2, 0.25) is 5.91 Å². The highest BCUT2D eigenvalue weighted by Crippen LogP contribution is 2.21. The lowest BCUT2D eigenvalue weighted by Crippen LogP contribution is -2.47. The average molecular weight is 308 g/mol. The maximum atomic E-state index is 12.4. The zero-order valence-corrected chi connectivity index (χ0v) is 13.6. The van der Waals surface area contributed by atoms with Gasteiger partial charge in [-0.05, 0) is 37.6 Å². The third kappa shape index (κ3) is 4.30. The van der Waals surface area contributed by atoms with E-state index >= 15 is 0 Å². The van der Waals surface area contributed by atoms with Gasteiger partial charge in [0.25, 0.3) is 5.91 Å². The highest BCUT2D eigenvalue weighted by atomic mass is 32.1. The molecule has 2 amide bonds. The number of piperidine rings is 1. The molecule has 1 aromatic rings. The molecule has 116 valence electrons. The Balaban J connectivity index is 1.91. The van der Waals surface area contributed by atoms with Gasteiger partial charge in [-0.2, -0.15) is 0 Å². The van der Waals surface area contributed by atoms with Crippen LogP contribution in [0.25, 0.3) is 0 Å². The van der Waals surface area contributed by atoms with Crippen LogP contribution in [0.15, 0.2) is 17.5 Å². The largest absolute Gasteiger partial charge is 0.353 e. The van der Waals surface area contributed by atoms with E-state index in [1.165, 1.54) is 11.3 Å². The van der Waals surface area contributed by atoms with Crippen molar-refractivity contribution in [1.82, 2.24) is 10.2 Å². The molecule has 0 aliphatic carbocycles. The van der Waals surface area contributed by atoms with Crippen LogP contribution < -0.4 is 5.32 Å². The minimum atomic E-state index is -0.0676. The van der Waals surface area contributed by atoms with E-state index in [0.29, 0.717) is 6.54 Å². The molecule has 1 saturated heterocycles. The minimum Gasteiger partial charge on any atom is -0.353 e. The smallest absolute Gasteiger partial charge is 0.263 e. The predicted molar refractivity (Wildman–Crippen MR) is 85.5 cm³/mol. The number of carbonyl (C=O) groups is 2. The number of carbonyl (C=O) groups excluding carboxylic acids is 2. The maximum Gasteiger partial charge on any atom is 0.263 e. The van der Waals surface area contributed by atoms with Gasteiger partial charge in [0.1, 0.15) is 0 Å². The Morgan fingerprint density at radius 3 is 3.00 bits per heavy atom. The zero-order valence-electron chi connectivity index (χ0n) is 12.8. The summed E-state index contributed by atoms with van der Waals surface area (Å²) in [5.74, 6) is 0.0886. The summed E-state index contributed by atoms with van der Waals surface area (Å²) in [7, 11) is 0. The maximum absolute atomic E-state index is 12.4.